The number of fused-ring (bicyclic) bond motifs is 10. The largest absolute Gasteiger partial charge is 0.311 e. The second kappa shape index (κ2) is 17.4. The minimum absolute atomic E-state index is 0.0347. The molecule has 0 bridgehead atoms. The number of nitrogens with zero attached hydrogens (tertiary/aromatic N) is 3. The highest BCUT2D eigenvalue weighted by atomic mass is 28.3. The van der Waals surface area contributed by atoms with Gasteiger partial charge in [0.25, 0.3) is 0 Å². The van der Waals surface area contributed by atoms with E-state index in [1.165, 1.54) is 119 Å². The summed E-state index contributed by atoms with van der Waals surface area (Å²) in [7, 11) is -6.42. The van der Waals surface area contributed by atoms with Gasteiger partial charge in [-0.1, -0.05) is 242 Å². The average molecular weight is 1050 g/mol. The van der Waals surface area contributed by atoms with Gasteiger partial charge in [-0.25, -0.2) is 0 Å². The summed E-state index contributed by atoms with van der Waals surface area (Å²) < 4.78 is 5.10. The first-order valence-electron chi connectivity index (χ1n) is 28.0. The summed E-state index contributed by atoms with van der Waals surface area (Å²) in [6.07, 6.45) is 0. The lowest BCUT2D eigenvalue weighted by atomic mass is 9.86. The van der Waals surface area contributed by atoms with E-state index in [9.17, 15) is 0 Å². The fraction of sp³-hybridized carbons (Fsp3) is 0.108. The fourth-order valence-electron chi connectivity index (χ4n) is 14.2. The number of benzene rings is 11. The molecule has 0 aliphatic carbocycles. The van der Waals surface area contributed by atoms with Gasteiger partial charge < -0.3 is 14.0 Å². The molecule has 3 nitrogen and oxygen atoms in total. The second-order valence-electron chi connectivity index (χ2n) is 24.1. The van der Waals surface area contributed by atoms with Crippen molar-refractivity contribution in [2.75, 3.05) is 4.90 Å². The molecule has 0 amide bonds. The summed E-state index contributed by atoms with van der Waals surface area (Å²) in [6.45, 7) is 14.0. The van der Waals surface area contributed by atoms with Crippen molar-refractivity contribution in [1.82, 2.24) is 9.13 Å². The SMILES string of the molecule is CC(C)(C)c1ccc2c3ccc(C(C)(C)C)cc3n(-c3cccc([Si]4(c5cccc(-n6c7ccccc7c7ccccc76)c5)c5ccccc5N5c6ccccc6[Si](c6ccccc6)(c6ccccc6)c6cccc4c65)c3)c2c1. The number of hydrogen-bond acceptors (Lipinski definition) is 1. The smallest absolute Gasteiger partial charge is 0.184 e. The molecule has 79 heavy (non-hydrogen) atoms. The van der Waals surface area contributed by atoms with Crippen molar-refractivity contribution >= 4 is 118 Å². The van der Waals surface area contributed by atoms with Crippen molar-refractivity contribution in [2.45, 2.75) is 52.4 Å². The Morgan fingerprint density at radius 2 is 0.633 bits per heavy atom. The minimum atomic E-state index is -3.40. The van der Waals surface area contributed by atoms with Crippen LogP contribution in [-0.4, -0.2) is 25.3 Å². The van der Waals surface area contributed by atoms with Crippen LogP contribution in [0.4, 0.5) is 17.1 Å². The van der Waals surface area contributed by atoms with Crippen molar-refractivity contribution in [2.24, 2.45) is 0 Å². The summed E-state index contributed by atoms with van der Waals surface area (Å²) in [5, 5.41) is 16.2. The van der Waals surface area contributed by atoms with Gasteiger partial charge in [-0.2, -0.15) is 0 Å². The molecule has 13 aromatic rings. The van der Waals surface area contributed by atoms with Crippen molar-refractivity contribution < 1.29 is 0 Å². The van der Waals surface area contributed by atoms with Crippen LogP contribution in [0, 0.1) is 0 Å². The van der Waals surface area contributed by atoms with Crippen LogP contribution >= 0.6 is 0 Å². The molecule has 0 saturated heterocycles. The first-order valence-corrected chi connectivity index (χ1v) is 32.0. The van der Waals surface area contributed by atoms with Gasteiger partial charge in [0, 0.05) is 50.0 Å². The van der Waals surface area contributed by atoms with E-state index >= 15 is 0 Å². The highest BCUT2D eigenvalue weighted by Gasteiger charge is 2.56. The van der Waals surface area contributed by atoms with E-state index in [0.29, 0.717) is 0 Å². The molecular formula is C74H61N3Si2. The number of rotatable bonds is 6. The van der Waals surface area contributed by atoms with Crippen LogP contribution in [0.1, 0.15) is 52.7 Å². The minimum Gasteiger partial charge on any atom is -0.311 e. The van der Waals surface area contributed by atoms with Crippen molar-refractivity contribution in [3.05, 3.63) is 272 Å². The zero-order valence-electron chi connectivity index (χ0n) is 45.7. The Hall–Kier alpha value is -8.75. The van der Waals surface area contributed by atoms with Crippen molar-refractivity contribution in [1.29, 1.82) is 0 Å². The Balaban J connectivity index is 1.10. The van der Waals surface area contributed by atoms with Crippen LogP contribution in [0.25, 0.3) is 55.0 Å². The molecule has 0 radical (unpaired) electrons. The van der Waals surface area contributed by atoms with Gasteiger partial charge in [0.2, 0.25) is 0 Å². The molecule has 4 heterocycles. The van der Waals surface area contributed by atoms with Crippen LogP contribution in [0.5, 0.6) is 0 Å². The van der Waals surface area contributed by atoms with Gasteiger partial charge in [0.15, 0.2) is 16.1 Å². The molecule has 5 heteroatoms. The van der Waals surface area contributed by atoms with Crippen molar-refractivity contribution in [3.63, 3.8) is 0 Å². The lowest BCUT2D eigenvalue weighted by Crippen LogP contribution is -2.82. The van der Waals surface area contributed by atoms with Gasteiger partial charge in [-0.05, 0) is 124 Å². The number of anilines is 3. The molecule has 0 spiro atoms. The number of aromatic nitrogens is 2. The van der Waals surface area contributed by atoms with Crippen LogP contribution < -0.4 is 46.4 Å². The van der Waals surface area contributed by atoms with E-state index < -0.39 is 16.1 Å². The molecule has 15 rings (SSSR count). The molecule has 0 N–H and O–H groups in total. The Bertz CT molecular complexity index is 4430. The number of para-hydroxylation sites is 5. The molecule has 2 aliphatic rings. The third-order valence-corrected chi connectivity index (χ3v) is 27.4. The lowest BCUT2D eigenvalue weighted by molar-refractivity contribution is 0.591. The van der Waals surface area contributed by atoms with E-state index in [0.717, 1.165) is 5.69 Å². The second-order valence-corrected chi connectivity index (χ2v) is 31.5. The zero-order chi connectivity index (χ0) is 53.4. The van der Waals surface area contributed by atoms with E-state index in [1.807, 2.05) is 0 Å². The fourth-order valence-corrected chi connectivity index (χ4v) is 24.6. The maximum Gasteiger partial charge on any atom is 0.184 e. The summed E-state index contributed by atoms with van der Waals surface area (Å²) in [6, 6.07) is 101. The Morgan fingerprint density at radius 1 is 0.278 bits per heavy atom. The first kappa shape index (κ1) is 47.5. The molecule has 0 saturated carbocycles. The third kappa shape index (κ3) is 6.76. The van der Waals surface area contributed by atoms with Gasteiger partial charge >= 0.3 is 0 Å². The molecule has 11 aromatic carbocycles. The molecule has 2 aliphatic heterocycles. The van der Waals surface area contributed by atoms with E-state index in [2.05, 4.69) is 316 Å². The summed E-state index contributed by atoms with van der Waals surface area (Å²) in [4.78, 5) is 2.67. The lowest BCUT2D eigenvalue weighted by Gasteiger charge is -2.52. The monoisotopic (exact) mass is 1050 g/mol. The summed E-state index contributed by atoms with van der Waals surface area (Å²) in [5.41, 5.74) is 13.7. The highest BCUT2D eigenvalue weighted by molar-refractivity contribution is 7.24. The van der Waals surface area contributed by atoms with Gasteiger partial charge in [0.05, 0.1) is 22.1 Å². The predicted octanol–water partition coefficient (Wildman–Crippen LogP) is 13.3. The molecule has 2 aromatic heterocycles. The van der Waals surface area contributed by atoms with Gasteiger partial charge in [-0.15, -0.1) is 0 Å². The summed E-state index contributed by atoms with van der Waals surface area (Å²) >= 11 is 0. The number of hydrogen-bond donors (Lipinski definition) is 0. The Kier molecular flexibility index (Phi) is 10.4. The highest BCUT2D eigenvalue weighted by Crippen LogP contribution is 2.43. The molecule has 0 fully saturated rings. The average Bonchev–Trinajstić information content (AvgIpc) is 4.18. The third-order valence-electron chi connectivity index (χ3n) is 17.7. The maximum atomic E-state index is 2.67. The molecule has 1 unspecified atom stereocenters. The summed E-state index contributed by atoms with van der Waals surface area (Å²) in [5.74, 6) is 0. The van der Waals surface area contributed by atoms with Crippen LogP contribution in [0.3, 0.4) is 0 Å². The van der Waals surface area contributed by atoms with Crippen LogP contribution in [-0.2, 0) is 10.8 Å². The van der Waals surface area contributed by atoms with Crippen molar-refractivity contribution in [3.8, 4) is 11.4 Å². The quantitative estimate of drug-likeness (QED) is 0.151. The molecule has 380 valence electrons. The maximum absolute atomic E-state index is 3.40. The Labute approximate surface area is 465 Å². The zero-order valence-corrected chi connectivity index (χ0v) is 47.7. The van der Waals surface area contributed by atoms with E-state index in [-0.39, 0.29) is 10.8 Å². The molecular weight excluding hydrogens is 987 g/mol. The van der Waals surface area contributed by atoms with Gasteiger partial charge in [0.1, 0.15) is 0 Å². The van der Waals surface area contributed by atoms with E-state index in [1.54, 1.807) is 0 Å². The Morgan fingerprint density at radius 3 is 1.10 bits per heavy atom. The topological polar surface area (TPSA) is 13.1 Å². The van der Waals surface area contributed by atoms with Gasteiger partial charge in [-0.3, -0.25) is 0 Å². The normalized spacial score (nSPS) is 15.6. The predicted molar refractivity (Wildman–Crippen MR) is 342 cm³/mol. The van der Waals surface area contributed by atoms with Crippen LogP contribution in [0.15, 0.2) is 261 Å². The van der Waals surface area contributed by atoms with Crippen LogP contribution in [0.2, 0.25) is 0 Å². The standard InChI is InChI=1S/C74H61N3Si2/c1-73(2,3)50-42-44-60-61-45-43-51(74(4,5)6)47-67(61)76(66(60)46-50)53-25-22-31-57(49-53)79(56-30-21-24-52(48-56)75-62-34-15-13-32-58(62)59-33-14-16-35-63(59)75)69-39-20-18-37-65(69)77-64-36-17-19-38-68(64)78(54-26-9-7-10-27-54,55-28-11-8-12-29-55)70-40-23-41-71(79)72(70)77/h7-49H,1-6H3. The first-order chi connectivity index (χ1) is 38.5. The van der Waals surface area contributed by atoms with E-state index in [4.69, 9.17) is 0 Å². The molecule has 1 atom stereocenters.